The third-order valence-corrected chi connectivity index (χ3v) is 2.96. The summed E-state index contributed by atoms with van der Waals surface area (Å²) < 4.78 is 5.34. The molecule has 0 radical (unpaired) electrons. The van der Waals surface area contributed by atoms with Gasteiger partial charge in [-0.15, -0.1) is 0 Å². The zero-order valence-corrected chi connectivity index (χ0v) is 12.8. The molecule has 0 unspecified atom stereocenters. The highest BCUT2D eigenvalue weighted by atomic mass is 16.5. The molecule has 0 aromatic carbocycles. The summed E-state index contributed by atoms with van der Waals surface area (Å²) in [4.78, 5) is 11.6. The zero-order valence-electron chi connectivity index (χ0n) is 12.8. The SMILES string of the molecule is CCCCNC(=O)OCC(CNC)(CNC)CNC. The molecule has 0 bridgehead atoms. The molecule has 114 valence electrons. The van der Waals surface area contributed by atoms with Crippen LogP contribution in [0.5, 0.6) is 0 Å². The second-order valence-corrected chi connectivity index (χ2v) is 4.95. The Morgan fingerprint density at radius 2 is 1.58 bits per heavy atom. The highest BCUT2D eigenvalue weighted by Crippen LogP contribution is 2.14. The zero-order chi connectivity index (χ0) is 14.6. The van der Waals surface area contributed by atoms with Crippen LogP contribution < -0.4 is 21.3 Å². The molecule has 6 heteroatoms. The fourth-order valence-electron chi connectivity index (χ4n) is 2.10. The van der Waals surface area contributed by atoms with E-state index in [2.05, 4.69) is 28.2 Å². The van der Waals surface area contributed by atoms with Crippen molar-refractivity contribution >= 4 is 6.09 Å². The molecule has 0 saturated heterocycles. The molecule has 0 rings (SSSR count). The summed E-state index contributed by atoms with van der Waals surface area (Å²) in [5.41, 5.74) is -0.139. The van der Waals surface area contributed by atoms with Gasteiger partial charge in [0.25, 0.3) is 0 Å². The van der Waals surface area contributed by atoms with E-state index in [4.69, 9.17) is 4.74 Å². The molecule has 6 nitrogen and oxygen atoms in total. The van der Waals surface area contributed by atoms with Crippen LogP contribution in [-0.4, -0.2) is 60.0 Å². The van der Waals surface area contributed by atoms with Gasteiger partial charge in [-0.1, -0.05) is 13.3 Å². The van der Waals surface area contributed by atoms with E-state index in [1.54, 1.807) is 0 Å². The van der Waals surface area contributed by atoms with Crippen LogP contribution in [0, 0.1) is 5.41 Å². The lowest BCUT2D eigenvalue weighted by molar-refractivity contribution is 0.0819. The van der Waals surface area contributed by atoms with Gasteiger partial charge >= 0.3 is 6.09 Å². The maximum absolute atomic E-state index is 11.6. The number of rotatable bonds is 11. The fourth-order valence-corrected chi connectivity index (χ4v) is 2.10. The van der Waals surface area contributed by atoms with Gasteiger partial charge in [-0.2, -0.15) is 0 Å². The van der Waals surface area contributed by atoms with Crippen molar-refractivity contribution in [3.8, 4) is 0 Å². The van der Waals surface area contributed by atoms with E-state index in [1.807, 2.05) is 21.1 Å². The fraction of sp³-hybridized carbons (Fsp3) is 0.923. The minimum absolute atomic E-state index is 0.139. The second kappa shape index (κ2) is 11.0. The van der Waals surface area contributed by atoms with E-state index in [-0.39, 0.29) is 11.5 Å². The Kier molecular flexibility index (Phi) is 10.5. The highest BCUT2D eigenvalue weighted by Gasteiger charge is 2.30. The first-order chi connectivity index (χ1) is 9.14. The summed E-state index contributed by atoms with van der Waals surface area (Å²) in [5, 5.41) is 12.2. The summed E-state index contributed by atoms with van der Waals surface area (Å²) in [6.45, 7) is 5.47. The lowest BCUT2D eigenvalue weighted by atomic mass is 9.88. The predicted molar refractivity (Wildman–Crippen MR) is 78.5 cm³/mol. The molecule has 0 aromatic heterocycles. The largest absolute Gasteiger partial charge is 0.449 e. The van der Waals surface area contributed by atoms with E-state index in [0.717, 1.165) is 32.5 Å². The Labute approximate surface area is 117 Å². The standard InChI is InChI=1S/C13H30N4O2/c1-5-6-7-17-12(18)19-11-13(8-14-2,9-15-3)10-16-4/h14-16H,5-11H2,1-4H3,(H,17,18). The number of hydrogen-bond donors (Lipinski definition) is 4. The molecule has 0 saturated carbocycles. The van der Waals surface area contributed by atoms with Gasteiger partial charge in [-0.25, -0.2) is 4.79 Å². The molecule has 4 N–H and O–H groups in total. The number of amides is 1. The number of alkyl carbamates (subject to hydrolysis) is 1. The van der Waals surface area contributed by atoms with Crippen LogP contribution in [0.25, 0.3) is 0 Å². The summed E-state index contributed by atoms with van der Waals surface area (Å²) in [6.07, 6.45) is 1.70. The first-order valence-corrected chi connectivity index (χ1v) is 6.98. The van der Waals surface area contributed by atoms with Crippen molar-refractivity contribution in [2.45, 2.75) is 19.8 Å². The van der Waals surface area contributed by atoms with Crippen molar-refractivity contribution < 1.29 is 9.53 Å². The average molecular weight is 274 g/mol. The van der Waals surface area contributed by atoms with Crippen LogP contribution in [0.4, 0.5) is 4.79 Å². The summed E-state index contributed by atoms with van der Waals surface area (Å²) in [6, 6.07) is 0. The highest BCUT2D eigenvalue weighted by molar-refractivity contribution is 5.67. The second-order valence-electron chi connectivity index (χ2n) is 4.95. The number of unbranched alkanes of at least 4 members (excludes halogenated alkanes) is 1. The van der Waals surface area contributed by atoms with Gasteiger partial charge in [-0.3, -0.25) is 0 Å². The van der Waals surface area contributed by atoms with Gasteiger partial charge in [0.05, 0.1) is 0 Å². The van der Waals surface area contributed by atoms with Crippen molar-refractivity contribution in [1.29, 1.82) is 0 Å². The van der Waals surface area contributed by atoms with Crippen LogP contribution in [0.2, 0.25) is 0 Å². The summed E-state index contributed by atoms with van der Waals surface area (Å²) in [7, 11) is 5.71. The number of carbonyl (C=O) groups excluding carboxylic acids is 1. The molecule has 0 aliphatic rings. The van der Waals surface area contributed by atoms with Crippen LogP contribution in [0.3, 0.4) is 0 Å². The van der Waals surface area contributed by atoms with E-state index in [9.17, 15) is 4.79 Å². The van der Waals surface area contributed by atoms with Gasteiger partial charge in [-0.05, 0) is 27.6 Å². The molecular formula is C13H30N4O2. The third kappa shape index (κ3) is 8.02. The van der Waals surface area contributed by atoms with Gasteiger partial charge in [0.2, 0.25) is 0 Å². The Morgan fingerprint density at radius 3 is 2.00 bits per heavy atom. The topological polar surface area (TPSA) is 74.4 Å². The predicted octanol–water partition coefficient (Wildman–Crippen LogP) is 0.157. The molecular weight excluding hydrogens is 244 g/mol. The maximum Gasteiger partial charge on any atom is 0.407 e. The number of nitrogens with one attached hydrogen (secondary N) is 4. The molecule has 0 atom stereocenters. The number of carbonyl (C=O) groups is 1. The lowest BCUT2D eigenvalue weighted by Crippen LogP contribution is -2.50. The Bertz CT molecular complexity index is 220. The van der Waals surface area contributed by atoms with E-state index in [0.29, 0.717) is 13.2 Å². The first-order valence-electron chi connectivity index (χ1n) is 6.98. The summed E-state index contributed by atoms with van der Waals surface area (Å²) >= 11 is 0. The van der Waals surface area contributed by atoms with Crippen molar-refractivity contribution in [3.63, 3.8) is 0 Å². The van der Waals surface area contributed by atoms with Crippen molar-refractivity contribution in [3.05, 3.63) is 0 Å². The quantitative estimate of drug-likeness (QED) is 0.404. The van der Waals surface area contributed by atoms with Gasteiger partial charge in [0.15, 0.2) is 0 Å². The first kappa shape index (κ1) is 18.1. The minimum atomic E-state index is -0.332. The Hall–Kier alpha value is -0.850. The van der Waals surface area contributed by atoms with E-state index < -0.39 is 0 Å². The minimum Gasteiger partial charge on any atom is -0.449 e. The van der Waals surface area contributed by atoms with Crippen LogP contribution in [-0.2, 0) is 4.74 Å². The molecule has 0 aliphatic heterocycles. The van der Waals surface area contributed by atoms with Gasteiger partial charge in [0.1, 0.15) is 6.61 Å². The normalized spacial score (nSPS) is 11.4. The third-order valence-electron chi connectivity index (χ3n) is 2.96. The summed E-state index contributed by atoms with van der Waals surface area (Å²) in [5.74, 6) is 0. The molecule has 0 aromatic rings. The van der Waals surface area contributed by atoms with Crippen LogP contribution in [0.15, 0.2) is 0 Å². The molecule has 0 spiro atoms. The van der Waals surface area contributed by atoms with Crippen LogP contribution >= 0.6 is 0 Å². The molecule has 19 heavy (non-hydrogen) atoms. The smallest absolute Gasteiger partial charge is 0.407 e. The maximum atomic E-state index is 11.6. The Balaban J connectivity index is 4.25. The monoisotopic (exact) mass is 274 g/mol. The average Bonchev–Trinajstić information content (AvgIpc) is 2.38. The molecule has 0 fully saturated rings. The van der Waals surface area contributed by atoms with Crippen molar-refractivity contribution in [2.24, 2.45) is 5.41 Å². The van der Waals surface area contributed by atoms with Gasteiger partial charge in [0, 0.05) is 31.6 Å². The number of hydrogen-bond acceptors (Lipinski definition) is 5. The lowest BCUT2D eigenvalue weighted by Gasteiger charge is -2.32. The van der Waals surface area contributed by atoms with Gasteiger partial charge < -0.3 is 26.0 Å². The number of ether oxygens (including phenoxy) is 1. The molecule has 0 aliphatic carbocycles. The molecule has 1 amide bonds. The molecule has 0 heterocycles. The van der Waals surface area contributed by atoms with E-state index >= 15 is 0 Å². The van der Waals surface area contributed by atoms with Crippen LogP contribution in [0.1, 0.15) is 19.8 Å². The van der Waals surface area contributed by atoms with Crippen molar-refractivity contribution in [2.75, 3.05) is 53.9 Å². The Morgan fingerprint density at radius 1 is 1.05 bits per heavy atom. The van der Waals surface area contributed by atoms with E-state index in [1.165, 1.54) is 0 Å². The van der Waals surface area contributed by atoms with Crippen molar-refractivity contribution in [1.82, 2.24) is 21.3 Å².